The largest absolute Gasteiger partial charge is 0.481 e. The molecule has 0 saturated heterocycles. The Bertz CT molecular complexity index is 321. The molecule has 0 amide bonds. The minimum Gasteiger partial charge on any atom is -0.481 e. The number of carbonyl (C=O) groups is 1. The first-order valence-corrected chi connectivity index (χ1v) is 4.74. The highest BCUT2D eigenvalue weighted by molar-refractivity contribution is 5.69. The van der Waals surface area contributed by atoms with Crippen LogP contribution in [0.4, 0.5) is 0 Å². The van der Waals surface area contributed by atoms with Gasteiger partial charge in [0.2, 0.25) is 0 Å². The molecule has 0 aliphatic heterocycles. The predicted molar refractivity (Wildman–Crippen MR) is 52.5 cm³/mol. The Kier molecular flexibility index (Phi) is 3.93. The van der Waals surface area contributed by atoms with E-state index in [-0.39, 0.29) is 6.42 Å². The molecule has 1 rings (SSSR count). The molecular weight excluding hydrogens is 178 g/mol. The number of allylic oxidation sites excluding steroid dienone is 3. The number of rotatable bonds is 2. The Labute approximate surface area is 83.4 Å². The van der Waals surface area contributed by atoms with Crippen molar-refractivity contribution in [3.8, 4) is 6.07 Å². The van der Waals surface area contributed by atoms with Gasteiger partial charge < -0.3 is 5.11 Å². The van der Waals surface area contributed by atoms with E-state index in [4.69, 9.17) is 10.4 Å². The molecule has 0 unspecified atom stereocenters. The summed E-state index contributed by atoms with van der Waals surface area (Å²) in [5.41, 5.74) is 1.75. The first-order chi connectivity index (χ1) is 6.72. The third-order valence-corrected chi connectivity index (χ3v) is 2.20. The second kappa shape index (κ2) is 5.23. The molecule has 0 spiro atoms. The van der Waals surface area contributed by atoms with Crippen molar-refractivity contribution in [2.75, 3.05) is 0 Å². The van der Waals surface area contributed by atoms with Crippen LogP contribution in [-0.2, 0) is 4.79 Å². The van der Waals surface area contributed by atoms with Gasteiger partial charge in [0.1, 0.15) is 0 Å². The first-order valence-electron chi connectivity index (χ1n) is 4.74. The molecule has 3 nitrogen and oxygen atoms in total. The normalized spacial score (nSPS) is 19.6. The summed E-state index contributed by atoms with van der Waals surface area (Å²) in [4.78, 5) is 10.3. The summed E-state index contributed by atoms with van der Waals surface area (Å²) in [6, 6.07) is 2.13. The molecule has 0 bridgehead atoms. The zero-order valence-electron chi connectivity index (χ0n) is 7.99. The fourth-order valence-corrected chi connectivity index (χ4v) is 1.48. The Balaban J connectivity index is 2.71. The summed E-state index contributed by atoms with van der Waals surface area (Å²) in [5, 5.41) is 17.3. The average Bonchev–Trinajstić information content (AvgIpc) is 2.39. The molecule has 0 aromatic rings. The van der Waals surface area contributed by atoms with Gasteiger partial charge in [-0.2, -0.15) is 5.26 Å². The number of hydrogen-bond acceptors (Lipinski definition) is 2. The van der Waals surface area contributed by atoms with Crippen molar-refractivity contribution in [1.82, 2.24) is 0 Å². The Morgan fingerprint density at radius 3 is 2.93 bits per heavy atom. The third-order valence-electron chi connectivity index (χ3n) is 2.20. The van der Waals surface area contributed by atoms with Crippen LogP contribution in [0.25, 0.3) is 0 Å². The van der Waals surface area contributed by atoms with Gasteiger partial charge >= 0.3 is 5.97 Å². The number of nitriles is 1. The highest BCUT2D eigenvalue weighted by Crippen LogP contribution is 2.21. The highest BCUT2D eigenvalue weighted by Gasteiger charge is 2.05. The van der Waals surface area contributed by atoms with Gasteiger partial charge in [-0.25, -0.2) is 0 Å². The molecule has 0 heterocycles. The summed E-state index contributed by atoms with van der Waals surface area (Å²) in [7, 11) is 0. The number of nitrogens with zero attached hydrogens (tertiary/aromatic N) is 1. The van der Waals surface area contributed by atoms with Gasteiger partial charge in [0.05, 0.1) is 12.5 Å². The van der Waals surface area contributed by atoms with Gasteiger partial charge in [-0.05, 0) is 31.8 Å². The minimum absolute atomic E-state index is 0.0462. The van der Waals surface area contributed by atoms with Crippen LogP contribution in [0.2, 0.25) is 0 Å². The van der Waals surface area contributed by atoms with Gasteiger partial charge in [0.15, 0.2) is 0 Å². The van der Waals surface area contributed by atoms with Gasteiger partial charge in [-0.15, -0.1) is 0 Å². The Morgan fingerprint density at radius 1 is 1.57 bits per heavy atom. The summed E-state index contributed by atoms with van der Waals surface area (Å²) >= 11 is 0. The molecule has 14 heavy (non-hydrogen) atoms. The van der Waals surface area contributed by atoms with Crippen molar-refractivity contribution in [3.63, 3.8) is 0 Å². The summed E-state index contributed by atoms with van der Waals surface area (Å²) in [5.74, 6) is -0.825. The molecule has 0 aromatic heterocycles. The van der Waals surface area contributed by atoms with Crippen molar-refractivity contribution in [1.29, 1.82) is 5.26 Å². The maximum Gasteiger partial charge on any atom is 0.307 e. The Hall–Kier alpha value is -1.56. The van der Waals surface area contributed by atoms with E-state index in [2.05, 4.69) is 6.07 Å². The van der Waals surface area contributed by atoms with Crippen LogP contribution >= 0.6 is 0 Å². The lowest BCUT2D eigenvalue weighted by molar-refractivity contribution is -0.136. The lowest BCUT2D eigenvalue weighted by Gasteiger charge is -1.96. The lowest BCUT2D eigenvalue weighted by Crippen LogP contribution is -1.91. The second-order valence-corrected chi connectivity index (χ2v) is 3.37. The van der Waals surface area contributed by atoms with E-state index in [1.807, 2.05) is 6.08 Å². The molecule has 1 aliphatic rings. The van der Waals surface area contributed by atoms with Crippen molar-refractivity contribution >= 4 is 5.97 Å². The smallest absolute Gasteiger partial charge is 0.307 e. The van der Waals surface area contributed by atoms with Crippen LogP contribution in [0.5, 0.6) is 0 Å². The maximum absolute atomic E-state index is 10.3. The average molecular weight is 191 g/mol. The molecule has 3 heteroatoms. The predicted octanol–water partition coefficient (Wildman–Crippen LogP) is 2.41. The fraction of sp³-hybridized carbons (Fsp3) is 0.455. The van der Waals surface area contributed by atoms with Crippen molar-refractivity contribution in [2.24, 2.45) is 0 Å². The Morgan fingerprint density at radius 2 is 2.29 bits per heavy atom. The minimum atomic E-state index is -0.825. The standard InChI is InChI=1S/C11H13NO2/c12-8-10-4-2-1-3-9(7-10)5-6-11(13)14/h5,7H,1-4,6H2,(H,13,14)/b9-5-. The van der Waals surface area contributed by atoms with Crippen LogP contribution in [0.15, 0.2) is 23.3 Å². The van der Waals surface area contributed by atoms with Gasteiger partial charge in [0, 0.05) is 5.57 Å². The number of carboxylic acids is 1. The third kappa shape index (κ3) is 3.44. The van der Waals surface area contributed by atoms with E-state index in [9.17, 15) is 4.79 Å². The fourth-order valence-electron chi connectivity index (χ4n) is 1.48. The van der Waals surface area contributed by atoms with Crippen LogP contribution < -0.4 is 0 Å². The highest BCUT2D eigenvalue weighted by atomic mass is 16.4. The van der Waals surface area contributed by atoms with E-state index in [0.717, 1.165) is 36.8 Å². The second-order valence-electron chi connectivity index (χ2n) is 3.37. The maximum atomic E-state index is 10.3. The number of carboxylic acid groups (broad SMARTS) is 1. The molecule has 0 aromatic carbocycles. The van der Waals surface area contributed by atoms with E-state index < -0.39 is 5.97 Å². The van der Waals surface area contributed by atoms with E-state index in [1.54, 1.807) is 6.08 Å². The SMILES string of the molecule is N#CC1=C/C(=C\CC(=O)O)CCCC1. The van der Waals surface area contributed by atoms with Crippen LogP contribution in [0.1, 0.15) is 32.1 Å². The van der Waals surface area contributed by atoms with Crippen LogP contribution in [0.3, 0.4) is 0 Å². The van der Waals surface area contributed by atoms with E-state index in [1.165, 1.54) is 0 Å². The molecule has 0 radical (unpaired) electrons. The summed E-state index contributed by atoms with van der Waals surface area (Å²) < 4.78 is 0. The molecule has 0 saturated carbocycles. The molecule has 1 N–H and O–H groups in total. The van der Waals surface area contributed by atoms with Crippen molar-refractivity contribution in [3.05, 3.63) is 23.3 Å². The molecule has 1 aliphatic carbocycles. The quantitative estimate of drug-likeness (QED) is 0.729. The van der Waals surface area contributed by atoms with Crippen molar-refractivity contribution in [2.45, 2.75) is 32.1 Å². The van der Waals surface area contributed by atoms with Crippen molar-refractivity contribution < 1.29 is 9.90 Å². The monoisotopic (exact) mass is 191 g/mol. The first kappa shape index (κ1) is 10.5. The van der Waals surface area contributed by atoms with Gasteiger partial charge in [-0.1, -0.05) is 11.6 Å². The zero-order valence-corrected chi connectivity index (χ0v) is 7.99. The molecule has 74 valence electrons. The zero-order chi connectivity index (χ0) is 10.4. The number of hydrogen-bond donors (Lipinski definition) is 1. The van der Waals surface area contributed by atoms with Crippen LogP contribution in [-0.4, -0.2) is 11.1 Å². The molecule has 0 fully saturated rings. The van der Waals surface area contributed by atoms with Gasteiger partial charge in [-0.3, -0.25) is 4.79 Å². The van der Waals surface area contributed by atoms with Gasteiger partial charge in [0.25, 0.3) is 0 Å². The van der Waals surface area contributed by atoms with Crippen LogP contribution in [0, 0.1) is 11.3 Å². The van der Waals surface area contributed by atoms with E-state index >= 15 is 0 Å². The molecular formula is C11H13NO2. The summed E-state index contributed by atoms with van der Waals surface area (Å²) in [6.07, 6.45) is 7.34. The lowest BCUT2D eigenvalue weighted by atomic mass is 10.1. The van der Waals surface area contributed by atoms with E-state index in [0.29, 0.717) is 0 Å². The molecule has 0 atom stereocenters. The topological polar surface area (TPSA) is 61.1 Å². The summed E-state index contributed by atoms with van der Waals surface area (Å²) in [6.45, 7) is 0. The number of aliphatic carboxylic acids is 1.